The van der Waals surface area contributed by atoms with Crippen molar-refractivity contribution < 1.29 is 4.52 Å². The number of nitrogens with zero attached hydrogens (tertiary/aromatic N) is 2. The van der Waals surface area contributed by atoms with Gasteiger partial charge in [-0.25, -0.2) is 0 Å². The second kappa shape index (κ2) is 2.23. The smallest absolute Gasteiger partial charge is 0.226 e. The summed E-state index contributed by atoms with van der Waals surface area (Å²) in [6.45, 7) is 4.93. The fourth-order valence-electron chi connectivity index (χ4n) is 1.37. The van der Waals surface area contributed by atoms with E-state index in [0.717, 1.165) is 30.9 Å². The first kappa shape index (κ1) is 6.67. The maximum Gasteiger partial charge on any atom is 0.226 e. The van der Waals surface area contributed by atoms with Crippen LogP contribution in [-0.2, 0) is 13.1 Å². The van der Waals surface area contributed by atoms with Gasteiger partial charge in [0.15, 0.2) is 0 Å². The monoisotopic (exact) mass is 153 g/mol. The molecule has 1 aliphatic rings. The molecule has 0 fully saturated rings. The standard InChI is InChI=1S/C7H11N3O/c1-2-10-3-5-6(4-10)9-11-7(5)8/h2-4,8H2,1H3. The highest BCUT2D eigenvalue weighted by molar-refractivity contribution is 5.40. The van der Waals surface area contributed by atoms with Crippen molar-refractivity contribution in [3.63, 3.8) is 0 Å². The van der Waals surface area contributed by atoms with Crippen molar-refractivity contribution in [1.82, 2.24) is 10.1 Å². The number of aromatic nitrogens is 1. The van der Waals surface area contributed by atoms with E-state index in [9.17, 15) is 0 Å². The Bertz CT molecular complexity index is 269. The van der Waals surface area contributed by atoms with E-state index >= 15 is 0 Å². The molecule has 0 bridgehead atoms. The van der Waals surface area contributed by atoms with Gasteiger partial charge in [0, 0.05) is 13.1 Å². The molecular weight excluding hydrogens is 142 g/mol. The Morgan fingerprint density at radius 2 is 2.45 bits per heavy atom. The highest BCUT2D eigenvalue weighted by Crippen LogP contribution is 2.26. The lowest BCUT2D eigenvalue weighted by molar-refractivity contribution is 0.285. The quantitative estimate of drug-likeness (QED) is 0.641. The number of anilines is 1. The number of nitrogen functional groups attached to an aromatic ring is 1. The molecule has 0 saturated carbocycles. The van der Waals surface area contributed by atoms with Crippen LogP contribution in [0.15, 0.2) is 4.52 Å². The summed E-state index contributed by atoms with van der Waals surface area (Å²) in [6, 6.07) is 0. The van der Waals surface area contributed by atoms with E-state index in [1.54, 1.807) is 0 Å². The van der Waals surface area contributed by atoms with Crippen molar-refractivity contribution >= 4 is 5.88 Å². The number of nitrogens with two attached hydrogens (primary N) is 1. The van der Waals surface area contributed by atoms with Crippen LogP contribution in [-0.4, -0.2) is 16.6 Å². The third-order valence-electron chi connectivity index (χ3n) is 2.10. The van der Waals surface area contributed by atoms with Crippen molar-refractivity contribution in [3.8, 4) is 0 Å². The molecular formula is C7H11N3O. The molecule has 0 saturated heterocycles. The van der Waals surface area contributed by atoms with Gasteiger partial charge in [0.25, 0.3) is 0 Å². The Labute approximate surface area is 65.0 Å². The van der Waals surface area contributed by atoms with Gasteiger partial charge < -0.3 is 10.3 Å². The van der Waals surface area contributed by atoms with Gasteiger partial charge in [-0.15, -0.1) is 0 Å². The Morgan fingerprint density at radius 3 is 3.09 bits per heavy atom. The van der Waals surface area contributed by atoms with E-state index in [2.05, 4.69) is 17.0 Å². The fraction of sp³-hybridized carbons (Fsp3) is 0.571. The first-order valence-corrected chi connectivity index (χ1v) is 3.76. The van der Waals surface area contributed by atoms with Gasteiger partial charge in [0.05, 0.1) is 5.56 Å². The maximum atomic E-state index is 5.55. The maximum absolute atomic E-state index is 5.55. The van der Waals surface area contributed by atoms with Crippen LogP contribution in [0.3, 0.4) is 0 Å². The zero-order chi connectivity index (χ0) is 7.84. The van der Waals surface area contributed by atoms with E-state index < -0.39 is 0 Å². The average molecular weight is 153 g/mol. The summed E-state index contributed by atoms with van der Waals surface area (Å²) < 4.78 is 4.83. The van der Waals surface area contributed by atoms with E-state index in [4.69, 9.17) is 10.3 Å². The van der Waals surface area contributed by atoms with Crippen molar-refractivity contribution in [3.05, 3.63) is 11.3 Å². The lowest BCUT2D eigenvalue weighted by Gasteiger charge is -2.09. The molecule has 0 amide bonds. The molecule has 4 nitrogen and oxygen atoms in total. The summed E-state index contributed by atoms with van der Waals surface area (Å²) in [5.41, 5.74) is 7.63. The third-order valence-corrected chi connectivity index (χ3v) is 2.10. The summed E-state index contributed by atoms with van der Waals surface area (Å²) in [6.07, 6.45) is 0. The Balaban J connectivity index is 2.27. The minimum absolute atomic E-state index is 0.482. The fourth-order valence-corrected chi connectivity index (χ4v) is 1.37. The van der Waals surface area contributed by atoms with Gasteiger partial charge in [0.2, 0.25) is 5.88 Å². The van der Waals surface area contributed by atoms with Crippen LogP contribution >= 0.6 is 0 Å². The van der Waals surface area contributed by atoms with E-state index in [1.165, 1.54) is 0 Å². The molecule has 1 aromatic heterocycles. The van der Waals surface area contributed by atoms with E-state index in [1.807, 2.05) is 0 Å². The molecule has 0 unspecified atom stereocenters. The van der Waals surface area contributed by atoms with Crippen LogP contribution in [0, 0.1) is 0 Å². The summed E-state index contributed by atoms with van der Waals surface area (Å²) >= 11 is 0. The van der Waals surface area contributed by atoms with Crippen LogP contribution in [0.1, 0.15) is 18.2 Å². The minimum Gasteiger partial charge on any atom is -0.367 e. The molecule has 0 spiro atoms. The van der Waals surface area contributed by atoms with E-state index in [-0.39, 0.29) is 0 Å². The molecule has 4 heteroatoms. The second-order valence-corrected chi connectivity index (χ2v) is 2.78. The minimum atomic E-state index is 0.482. The predicted molar refractivity (Wildman–Crippen MR) is 40.7 cm³/mol. The number of fused-ring (bicyclic) bond motifs is 1. The molecule has 60 valence electrons. The third kappa shape index (κ3) is 0.903. The second-order valence-electron chi connectivity index (χ2n) is 2.78. The summed E-state index contributed by atoms with van der Waals surface area (Å²) in [5, 5.41) is 3.85. The van der Waals surface area contributed by atoms with Crippen molar-refractivity contribution in [2.45, 2.75) is 20.0 Å². The van der Waals surface area contributed by atoms with Crippen molar-refractivity contribution in [2.24, 2.45) is 0 Å². The van der Waals surface area contributed by atoms with Gasteiger partial charge in [-0.2, -0.15) is 0 Å². The molecule has 0 radical (unpaired) electrons. The summed E-state index contributed by atoms with van der Waals surface area (Å²) in [5.74, 6) is 0.482. The summed E-state index contributed by atoms with van der Waals surface area (Å²) in [4.78, 5) is 2.27. The highest BCUT2D eigenvalue weighted by Gasteiger charge is 2.24. The van der Waals surface area contributed by atoms with Gasteiger partial charge >= 0.3 is 0 Å². The van der Waals surface area contributed by atoms with Gasteiger partial charge in [-0.05, 0) is 6.54 Å². The molecule has 11 heavy (non-hydrogen) atoms. The Morgan fingerprint density at radius 1 is 1.64 bits per heavy atom. The SMILES string of the molecule is CCN1Cc2noc(N)c2C1. The van der Waals surface area contributed by atoms with Crippen LogP contribution in [0.5, 0.6) is 0 Å². The highest BCUT2D eigenvalue weighted by atomic mass is 16.5. The zero-order valence-corrected chi connectivity index (χ0v) is 6.50. The average Bonchev–Trinajstić information content (AvgIpc) is 2.53. The number of rotatable bonds is 1. The normalized spacial score (nSPS) is 17.2. The van der Waals surface area contributed by atoms with Gasteiger partial charge in [-0.3, -0.25) is 4.90 Å². The number of hydrogen-bond acceptors (Lipinski definition) is 4. The van der Waals surface area contributed by atoms with Gasteiger partial charge in [0.1, 0.15) is 5.69 Å². The molecule has 0 aromatic carbocycles. The van der Waals surface area contributed by atoms with Crippen molar-refractivity contribution in [1.29, 1.82) is 0 Å². The summed E-state index contributed by atoms with van der Waals surface area (Å²) in [7, 11) is 0. The first-order valence-electron chi connectivity index (χ1n) is 3.76. The predicted octanol–water partition coefficient (Wildman–Crippen LogP) is 0.592. The van der Waals surface area contributed by atoms with Crippen LogP contribution in [0.4, 0.5) is 5.88 Å². The molecule has 1 aromatic rings. The molecule has 0 aliphatic carbocycles. The van der Waals surface area contributed by atoms with Crippen molar-refractivity contribution in [2.75, 3.05) is 12.3 Å². The molecule has 2 heterocycles. The molecule has 1 aliphatic heterocycles. The van der Waals surface area contributed by atoms with E-state index in [0.29, 0.717) is 5.88 Å². The lowest BCUT2D eigenvalue weighted by Crippen LogP contribution is -2.15. The van der Waals surface area contributed by atoms with Crippen LogP contribution in [0.25, 0.3) is 0 Å². The van der Waals surface area contributed by atoms with Crippen LogP contribution in [0.2, 0.25) is 0 Å². The Hall–Kier alpha value is -1.03. The molecule has 2 N–H and O–H groups in total. The van der Waals surface area contributed by atoms with Crippen LogP contribution < -0.4 is 5.73 Å². The lowest BCUT2D eigenvalue weighted by atomic mass is 10.3. The molecule has 0 atom stereocenters. The topological polar surface area (TPSA) is 55.3 Å². The first-order chi connectivity index (χ1) is 5.31. The zero-order valence-electron chi connectivity index (χ0n) is 6.50. The largest absolute Gasteiger partial charge is 0.367 e. The number of hydrogen-bond donors (Lipinski definition) is 1. The molecule has 2 rings (SSSR count). The van der Waals surface area contributed by atoms with Gasteiger partial charge in [-0.1, -0.05) is 12.1 Å². The Kier molecular flexibility index (Phi) is 1.35.